The van der Waals surface area contributed by atoms with E-state index in [2.05, 4.69) is 17.3 Å². The fourth-order valence-electron chi connectivity index (χ4n) is 1.70. The van der Waals surface area contributed by atoms with Crippen LogP contribution in [0.15, 0.2) is 0 Å². The number of rotatable bonds is 4. The number of nitrogens with zero attached hydrogens (tertiary/aromatic N) is 1. The first kappa shape index (κ1) is 9.96. The van der Waals surface area contributed by atoms with Crippen molar-refractivity contribution in [1.29, 1.82) is 0 Å². The topological polar surface area (TPSA) is 35.5 Å². The number of hydrogen-bond donors (Lipinski definition) is 2. The van der Waals surface area contributed by atoms with E-state index in [9.17, 15) is 0 Å². The standard InChI is InChI=1S/C9H20N2O/c1-8(12)6-10-7-9-4-3-5-11(9)2/h8-10,12H,3-7H2,1-2H3/t8-,9?/m1/s1. The van der Waals surface area contributed by atoms with Crippen molar-refractivity contribution in [2.24, 2.45) is 0 Å². The molecule has 1 rings (SSSR count). The Hall–Kier alpha value is -0.120. The van der Waals surface area contributed by atoms with Crippen molar-refractivity contribution in [2.45, 2.75) is 31.9 Å². The van der Waals surface area contributed by atoms with Gasteiger partial charge in [-0.05, 0) is 33.4 Å². The molecule has 1 heterocycles. The molecule has 3 nitrogen and oxygen atoms in total. The molecule has 0 bridgehead atoms. The summed E-state index contributed by atoms with van der Waals surface area (Å²) in [6.07, 6.45) is 2.39. The number of hydrogen-bond acceptors (Lipinski definition) is 3. The highest BCUT2D eigenvalue weighted by Gasteiger charge is 2.19. The van der Waals surface area contributed by atoms with E-state index in [0.717, 1.165) is 6.54 Å². The molecule has 0 aromatic rings. The summed E-state index contributed by atoms with van der Waals surface area (Å²) in [6, 6.07) is 0.684. The molecule has 1 fully saturated rings. The number of nitrogens with one attached hydrogen (secondary N) is 1. The Bertz CT molecular complexity index is 128. The van der Waals surface area contributed by atoms with Gasteiger partial charge in [-0.3, -0.25) is 0 Å². The third kappa shape index (κ3) is 3.09. The molecule has 72 valence electrons. The molecule has 1 unspecified atom stereocenters. The lowest BCUT2D eigenvalue weighted by atomic mass is 10.2. The van der Waals surface area contributed by atoms with Crippen molar-refractivity contribution >= 4 is 0 Å². The molecule has 0 aromatic carbocycles. The SMILES string of the molecule is C[C@@H](O)CNCC1CCCN1C. The summed E-state index contributed by atoms with van der Waals surface area (Å²) in [4.78, 5) is 2.38. The molecule has 2 atom stereocenters. The Morgan fingerprint density at radius 1 is 1.67 bits per heavy atom. The van der Waals surface area contributed by atoms with Crippen LogP contribution in [-0.4, -0.2) is 48.8 Å². The van der Waals surface area contributed by atoms with Crippen molar-refractivity contribution in [2.75, 3.05) is 26.7 Å². The first-order valence-electron chi connectivity index (χ1n) is 4.79. The molecule has 0 spiro atoms. The molecule has 0 saturated carbocycles. The normalized spacial score (nSPS) is 27.8. The van der Waals surface area contributed by atoms with Gasteiger partial charge in [0.1, 0.15) is 0 Å². The van der Waals surface area contributed by atoms with Gasteiger partial charge in [-0.25, -0.2) is 0 Å². The Morgan fingerprint density at radius 2 is 2.42 bits per heavy atom. The van der Waals surface area contributed by atoms with Crippen LogP contribution in [0.2, 0.25) is 0 Å². The fraction of sp³-hybridized carbons (Fsp3) is 1.00. The maximum absolute atomic E-state index is 9.02. The minimum Gasteiger partial charge on any atom is -0.392 e. The third-order valence-electron chi connectivity index (χ3n) is 2.49. The highest BCUT2D eigenvalue weighted by molar-refractivity contribution is 4.78. The van der Waals surface area contributed by atoms with E-state index < -0.39 is 0 Å². The number of aliphatic hydroxyl groups is 1. The summed E-state index contributed by atoms with van der Waals surface area (Å²) >= 11 is 0. The second-order valence-corrected chi connectivity index (χ2v) is 3.78. The maximum atomic E-state index is 9.02. The van der Waals surface area contributed by atoms with E-state index in [-0.39, 0.29) is 6.10 Å². The summed E-state index contributed by atoms with van der Waals surface area (Å²) in [5.41, 5.74) is 0. The van der Waals surface area contributed by atoms with Gasteiger partial charge in [0.2, 0.25) is 0 Å². The highest BCUT2D eigenvalue weighted by Crippen LogP contribution is 2.13. The summed E-state index contributed by atoms with van der Waals surface area (Å²) in [6.45, 7) is 4.76. The Balaban J connectivity index is 2.06. The zero-order valence-corrected chi connectivity index (χ0v) is 8.08. The molecule has 12 heavy (non-hydrogen) atoms. The van der Waals surface area contributed by atoms with Crippen LogP contribution in [0.1, 0.15) is 19.8 Å². The number of aliphatic hydroxyl groups excluding tert-OH is 1. The Morgan fingerprint density at radius 3 is 2.92 bits per heavy atom. The molecule has 1 aliphatic rings. The molecule has 1 saturated heterocycles. The lowest BCUT2D eigenvalue weighted by Gasteiger charge is -2.20. The molecule has 3 heteroatoms. The molecular formula is C9H20N2O. The van der Waals surface area contributed by atoms with Gasteiger partial charge in [0.25, 0.3) is 0 Å². The van der Waals surface area contributed by atoms with Gasteiger partial charge >= 0.3 is 0 Å². The van der Waals surface area contributed by atoms with Crippen molar-refractivity contribution in [3.05, 3.63) is 0 Å². The highest BCUT2D eigenvalue weighted by atomic mass is 16.3. The van der Waals surface area contributed by atoms with Gasteiger partial charge in [-0.15, -0.1) is 0 Å². The van der Waals surface area contributed by atoms with Crippen molar-refractivity contribution in [1.82, 2.24) is 10.2 Å². The third-order valence-corrected chi connectivity index (χ3v) is 2.49. The Kier molecular flexibility index (Phi) is 3.98. The van der Waals surface area contributed by atoms with Gasteiger partial charge < -0.3 is 15.3 Å². The second kappa shape index (κ2) is 4.80. The predicted molar refractivity (Wildman–Crippen MR) is 50.2 cm³/mol. The van der Waals surface area contributed by atoms with Crippen LogP contribution in [0, 0.1) is 0 Å². The van der Waals surface area contributed by atoms with Gasteiger partial charge in [-0.2, -0.15) is 0 Å². The van der Waals surface area contributed by atoms with Gasteiger partial charge in [-0.1, -0.05) is 0 Å². The zero-order valence-electron chi connectivity index (χ0n) is 8.08. The van der Waals surface area contributed by atoms with Crippen LogP contribution in [0.3, 0.4) is 0 Å². The predicted octanol–water partition coefficient (Wildman–Crippen LogP) is 0.0510. The van der Waals surface area contributed by atoms with E-state index in [0.29, 0.717) is 12.6 Å². The number of likely N-dealkylation sites (N-methyl/N-ethyl adjacent to an activating group) is 1. The van der Waals surface area contributed by atoms with Crippen molar-refractivity contribution in [3.63, 3.8) is 0 Å². The molecule has 0 amide bonds. The summed E-state index contributed by atoms with van der Waals surface area (Å²) in [7, 11) is 2.17. The average Bonchev–Trinajstić information content (AvgIpc) is 2.36. The van der Waals surface area contributed by atoms with Crippen LogP contribution in [0.4, 0.5) is 0 Å². The minimum atomic E-state index is -0.225. The van der Waals surface area contributed by atoms with Crippen molar-refractivity contribution in [3.8, 4) is 0 Å². The summed E-state index contributed by atoms with van der Waals surface area (Å²) < 4.78 is 0. The molecule has 1 aliphatic heterocycles. The monoisotopic (exact) mass is 172 g/mol. The van der Waals surface area contributed by atoms with Crippen LogP contribution >= 0.6 is 0 Å². The molecular weight excluding hydrogens is 152 g/mol. The average molecular weight is 172 g/mol. The first-order chi connectivity index (χ1) is 5.70. The molecule has 0 aliphatic carbocycles. The van der Waals surface area contributed by atoms with Gasteiger partial charge in [0.15, 0.2) is 0 Å². The fourth-order valence-corrected chi connectivity index (χ4v) is 1.70. The van der Waals surface area contributed by atoms with E-state index in [4.69, 9.17) is 5.11 Å². The maximum Gasteiger partial charge on any atom is 0.0636 e. The van der Waals surface area contributed by atoms with E-state index >= 15 is 0 Å². The minimum absolute atomic E-state index is 0.225. The van der Waals surface area contributed by atoms with Crippen molar-refractivity contribution < 1.29 is 5.11 Å². The van der Waals surface area contributed by atoms with Crippen LogP contribution in [0.25, 0.3) is 0 Å². The largest absolute Gasteiger partial charge is 0.392 e. The van der Waals surface area contributed by atoms with E-state index in [1.54, 1.807) is 0 Å². The molecule has 0 radical (unpaired) electrons. The van der Waals surface area contributed by atoms with Gasteiger partial charge in [0.05, 0.1) is 6.10 Å². The van der Waals surface area contributed by atoms with E-state index in [1.165, 1.54) is 19.4 Å². The zero-order chi connectivity index (χ0) is 8.97. The van der Waals surface area contributed by atoms with Crippen LogP contribution in [-0.2, 0) is 0 Å². The van der Waals surface area contributed by atoms with E-state index in [1.807, 2.05) is 6.92 Å². The lowest BCUT2D eigenvalue weighted by molar-refractivity contribution is 0.186. The van der Waals surface area contributed by atoms with Gasteiger partial charge in [0, 0.05) is 19.1 Å². The Labute approximate surface area is 74.8 Å². The number of likely N-dealkylation sites (tertiary alicyclic amines) is 1. The summed E-state index contributed by atoms with van der Waals surface area (Å²) in [5, 5.41) is 12.3. The summed E-state index contributed by atoms with van der Waals surface area (Å²) in [5.74, 6) is 0. The molecule has 0 aromatic heterocycles. The second-order valence-electron chi connectivity index (χ2n) is 3.78. The van der Waals surface area contributed by atoms with Crippen LogP contribution < -0.4 is 5.32 Å². The quantitative estimate of drug-likeness (QED) is 0.629. The lowest BCUT2D eigenvalue weighted by Crippen LogP contribution is -2.37. The smallest absolute Gasteiger partial charge is 0.0636 e. The van der Waals surface area contributed by atoms with Crippen LogP contribution in [0.5, 0.6) is 0 Å². The first-order valence-corrected chi connectivity index (χ1v) is 4.79. The molecule has 2 N–H and O–H groups in total.